The molecule has 0 aliphatic carbocycles. The number of hydrogen-bond donors (Lipinski definition) is 2. The molecule has 0 amide bonds. The van der Waals surface area contributed by atoms with Gasteiger partial charge in [0.05, 0.1) is 6.61 Å². The van der Waals surface area contributed by atoms with Crippen LogP contribution in [0, 0.1) is 0 Å². The number of ether oxygens (including phenoxy) is 1. The number of aliphatic hydroxyl groups is 1. The Morgan fingerprint density at radius 1 is 1.05 bits per heavy atom. The Morgan fingerprint density at radius 3 is 2.37 bits per heavy atom. The maximum absolute atomic E-state index is 9.33. The summed E-state index contributed by atoms with van der Waals surface area (Å²) in [5.41, 5.74) is 1.88. The van der Waals surface area contributed by atoms with Gasteiger partial charge in [0.25, 0.3) is 0 Å². The molecule has 2 aromatic rings. The number of benzene rings is 2. The molecule has 0 heterocycles. The molecule has 2 aromatic carbocycles. The summed E-state index contributed by atoms with van der Waals surface area (Å²) in [6.07, 6.45) is 0. The quantitative estimate of drug-likeness (QED) is 0.864. The first-order valence-electron chi connectivity index (χ1n) is 6.39. The van der Waals surface area contributed by atoms with Gasteiger partial charge in [-0.1, -0.05) is 36.4 Å². The molecule has 0 aromatic heterocycles. The Morgan fingerprint density at radius 2 is 1.68 bits per heavy atom. The van der Waals surface area contributed by atoms with Gasteiger partial charge in [0, 0.05) is 17.2 Å². The minimum Gasteiger partial charge on any atom is -0.457 e. The van der Waals surface area contributed by atoms with Gasteiger partial charge in [-0.25, -0.2) is 0 Å². The van der Waals surface area contributed by atoms with Crippen molar-refractivity contribution in [1.82, 2.24) is 5.32 Å². The zero-order valence-electron chi connectivity index (χ0n) is 11.3. The van der Waals surface area contributed by atoms with Crippen molar-refractivity contribution in [2.45, 2.75) is 19.6 Å². The van der Waals surface area contributed by atoms with Gasteiger partial charge < -0.3 is 15.2 Å². The van der Waals surface area contributed by atoms with Crippen LogP contribution in [0.5, 0.6) is 11.5 Å². The molecule has 0 spiro atoms. The molecule has 0 bridgehead atoms. The van der Waals surface area contributed by atoms with Gasteiger partial charge in [-0.05, 0) is 26.1 Å². The highest BCUT2D eigenvalue weighted by Gasteiger charge is 2.11. The molecule has 0 aliphatic heterocycles. The molecule has 19 heavy (non-hydrogen) atoms. The number of hydrogen-bond acceptors (Lipinski definition) is 3. The van der Waals surface area contributed by atoms with E-state index in [0.717, 1.165) is 16.9 Å². The maximum atomic E-state index is 9.33. The molecule has 1 unspecified atom stereocenters. The van der Waals surface area contributed by atoms with Crippen molar-refractivity contribution in [3.05, 3.63) is 59.7 Å². The number of rotatable bonds is 5. The minimum absolute atomic E-state index is 0.0279. The van der Waals surface area contributed by atoms with Gasteiger partial charge in [0.2, 0.25) is 0 Å². The predicted molar refractivity (Wildman–Crippen MR) is 76.4 cm³/mol. The van der Waals surface area contributed by atoms with Crippen molar-refractivity contribution in [2.24, 2.45) is 0 Å². The summed E-state index contributed by atoms with van der Waals surface area (Å²) in [5.74, 6) is 1.51. The van der Waals surface area contributed by atoms with Crippen molar-refractivity contribution in [3.8, 4) is 11.5 Å². The van der Waals surface area contributed by atoms with Gasteiger partial charge in [-0.15, -0.1) is 0 Å². The average molecular weight is 257 g/mol. The largest absolute Gasteiger partial charge is 0.457 e. The third kappa shape index (κ3) is 3.13. The third-order valence-corrected chi connectivity index (χ3v) is 3.18. The van der Waals surface area contributed by atoms with E-state index in [-0.39, 0.29) is 12.6 Å². The van der Waals surface area contributed by atoms with Crippen LogP contribution in [-0.2, 0) is 6.61 Å². The van der Waals surface area contributed by atoms with E-state index in [9.17, 15) is 5.11 Å². The van der Waals surface area contributed by atoms with Gasteiger partial charge in [0.1, 0.15) is 11.5 Å². The molecule has 1 atom stereocenters. The van der Waals surface area contributed by atoms with Gasteiger partial charge in [-0.3, -0.25) is 0 Å². The summed E-state index contributed by atoms with van der Waals surface area (Å²) in [4.78, 5) is 0. The molecule has 0 saturated carbocycles. The van der Waals surface area contributed by atoms with Crippen LogP contribution in [0.25, 0.3) is 0 Å². The SMILES string of the molecule is CNC(C)c1ccccc1Oc1ccccc1CO. The van der Waals surface area contributed by atoms with E-state index in [0.29, 0.717) is 5.75 Å². The predicted octanol–water partition coefficient (Wildman–Crippen LogP) is 3.25. The average Bonchev–Trinajstić information content (AvgIpc) is 2.47. The molecular formula is C16H19NO2. The lowest BCUT2D eigenvalue weighted by Gasteiger charge is -2.17. The first kappa shape index (κ1) is 13.6. The van der Waals surface area contributed by atoms with E-state index >= 15 is 0 Å². The number of para-hydroxylation sites is 2. The fraction of sp³-hybridized carbons (Fsp3) is 0.250. The Bertz CT molecular complexity index is 540. The van der Waals surface area contributed by atoms with Crippen LogP contribution in [0.1, 0.15) is 24.1 Å². The molecule has 2 N–H and O–H groups in total. The summed E-state index contributed by atoms with van der Waals surface area (Å²) < 4.78 is 5.95. The second-order valence-corrected chi connectivity index (χ2v) is 4.42. The Kier molecular flexibility index (Phi) is 4.55. The summed E-state index contributed by atoms with van der Waals surface area (Å²) >= 11 is 0. The fourth-order valence-corrected chi connectivity index (χ4v) is 1.94. The lowest BCUT2D eigenvalue weighted by molar-refractivity contribution is 0.276. The van der Waals surface area contributed by atoms with E-state index in [1.165, 1.54) is 0 Å². The highest BCUT2D eigenvalue weighted by molar-refractivity contribution is 5.42. The van der Waals surface area contributed by atoms with Crippen LogP contribution >= 0.6 is 0 Å². The molecule has 0 radical (unpaired) electrons. The van der Waals surface area contributed by atoms with E-state index < -0.39 is 0 Å². The zero-order valence-corrected chi connectivity index (χ0v) is 11.3. The molecular weight excluding hydrogens is 238 g/mol. The Labute approximate surface area is 113 Å². The van der Waals surface area contributed by atoms with Crippen molar-refractivity contribution in [1.29, 1.82) is 0 Å². The highest BCUT2D eigenvalue weighted by atomic mass is 16.5. The smallest absolute Gasteiger partial charge is 0.132 e. The van der Waals surface area contributed by atoms with Crippen molar-refractivity contribution in [2.75, 3.05) is 7.05 Å². The molecule has 0 fully saturated rings. The lowest BCUT2D eigenvalue weighted by Crippen LogP contribution is -2.13. The topological polar surface area (TPSA) is 41.5 Å². The second-order valence-electron chi connectivity index (χ2n) is 4.42. The molecule has 3 heteroatoms. The third-order valence-electron chi connectivity index (χ3n) is 3.18. The molecule has 2 rings (SSSR count). The highest BCUT2D eigenvalue weighted by Crippen LogP contribution is 2.31. The van der Waals surface area contributed by atoms with Crippen LogP contribution < -0.4 is 10.1 Å². The maximum Gasteiger partial charge on any atom is 0.132 e. The van der Waals surface area contributed by atoms with Crippen LogP contribution in [0.2, 0.25) is 0 Å². The summed E-state index contributed by atoms with van der Waals surface area (Å²) in [5, 5.41) is 12.5. The summed E-state index contributed by atoms with van der Waals surface area (Å²) in [6, 6.07) is 15.6. The van der Waals surface area contributed by atoms with E-state index in [1.54, 1.807) is 0 Å². The molecule has 0 saturated heterocycles. The molecule has 3 nitrogen and oxygen atoms in total. The first-order valence-corrected chi connectivity index (χ1v) is 6.39. The van der Waals surface area contributed by atoms with Crippen molar-refractivity contribution in [3.63, 3.8) is 0 Å². The van der Waals surface area contributed by atoms with Crippen molar-refractivity contribution >= 4 is 0 Å². The van der Waals surface area contributed by atoms with Crippen LogP contribution in [-0.4, -0.2) is 12.2 Å². The van der Waals surface area contributed by atoms with Gasteiger partial charge in [0.15, 0.2) is 0 Å². The van der Waals surface area contributed by atoms with E-state index in [2.05, 4.69) is 12.2 Å². The van der Waals surface area contributed by atoms with Gasteiger partial charge in [-0.2, -0.15) is 0 Å². The van der Waals surface area contributed by atoms with Crippen molar-refractivity contribution < 1.29 is 9.84 Å². The van der Waals surface area contributed by atoms with Crippen LogP contribution in [0.4, 0.5) is 0 Å². The first-order chi connectivity index (χ1) is 9.26. The standard InChI is InChI=1S/C16H19NO2/c1-12(17-2)14-8-4-6-10-16(14)19-15-9-5-3-7-13(15)11-18/h3-10,12,17-18H,11H2,1-2H3. The summed E-state index contributed by atoms with van der Waals surface area (Å²) in [7, 11) is 1.92. The normalized spacial score (nSPS) is 12.2. The minimum atomic E-state index is -0.0279. The number of aliphatic hydroxyl groups excluding tert-OH is 1. The monoisotopic (exact) mass is 257 g/mol. The lowest BCUT2D eigenvalue weighted by atomic mass is 10.1. The zero-order chi connectivity index (χ0) is 13.7. The number of nitrogens with one attached hydrogen (secondary N) is 1. The Hall–Kier alpha value is -1.84. The van der Waals surface area contributed by atoms with E-state index in [1.807, 2.05) is 55.6 Å². The molecule has 100 valence electrons. The van der Waals surface area contributed by atoms with E-state index in [4.69, 9.17) is 4.74 Å². The van der Waals surface area contributed by atoms with Gasteiger partial charge >= 0.3 is 0 Å². The summed E-state index contributed by atoms with van der Waals surface area (Å²) in [6.45, 7) is 2.06. The second kappa shape index (κ2) is 6.36. The fourth-order valence-electron chi connectivity index (χ4n) is 1.94. The van der Waals surface area contributed by atoms with Crippen LogP contribution in [0.15, 0.2) is 48.5 Å². The Balaban J connectivity index is 2.33. The molecule has 0 aliphatic rings. The van der Waals surface area contributed by atoms with Crippen LogP contribution in [0.3, 0.4) is 0 Å².